The van der Waals surface area contributed by atoms with E-state index in [1.165, 1.54) is 12.8 Å². The van der Waals surface area contributed by atoms with Crippen molar-refractivity contribution in [1.82, 2.24) is 10.6 Å². The minimum Gasteiger partial charge on any atom is -0.480 e. The van der Waals surface area contributed by atoms with Crippen LogP contribution in [-0.4, -0.2) is 40.3 Å². The molecule has 0 spiro atoms. The monoisotopic (exact) mass is 230 g/mol. The van der Waals surface area contributed by atoms with Gasteiger partial charge < -0.3 is 10.4 Å². The van der Waals surface area contributed by atoms with Crippen LogP contribution >= 0.6 is 11.8 Å². The number of carbonyl (C=O) groups is 1. The highest BCUT2D eigenvalue weighted by Gasteiger charge is 2.44. The van der Waals surface area contributed by atoms with Crippen molar-refractivity contribution in [1.29, 1.82) is 0 Å². The molecule has 0 radical (unpaired) electrons. The first-order valence-corrected chi connectivity index (χ1v) is 6.48. The molecule has 15 heavy (non-hydrogen) atoms. The summed E-state index contributed by atoms with van der Waals surface area (Å²) in [5, 5.41) is 15.7. The Balaban J connectivity index is 1.98. The second-order valence-electron chi connectivity index (χ2n) is 4.46. The van der Waals surface area contributed by atoms with E-state index in [2.05, 4.69) is 17.6 Å². The molecule has 2 rings (SSSR count). The third-order valence-electron chi connectivity index (χ3n) is 3.28. The molecule has 0 aromatic heterocycles. The van der Waals surface area contributed by atoms with Crippen LogP contribution in [0.4, 0.5) is 0 Å². The third-order valence-corrected chi connectivity index (χ3v) is 4.79. The molecule has 2 saturated heterocycles. The summed E-state index contributed by atoms with van der Waals surface area (Å²) in [6.07, 6.45) is 3.62. The first kappa shape index (κ1) is 11.2. The number of thioether (sulfide) groups is 1. The fourth-order valence-corrected chi connectivity index (χ4v) is 3.71. The third kappa shape index (κ3) is 2.29. The van der Waals surface area contributed by atoms with Gasteiger partial charge in [0, 0.05) is 11.8 Å². The van der Waals surface area contributed by atoms with Gasteiger partial charge in [0.2, 0.25) is 0 Å². The Kier molecular flexibility index (Phi) is 3.23. The first-order chi connectivity index (χ1) is 7.12. The number of carboxylic acid groups (broad SMARTS) is 1. The number of hydrogen-bond acceptors (Lipinski definition) is 4. The maximum atomic E-state index is 10.9. The largest absolute Gasteiger partial charge is 0.480 e. The van der Waals surface area contributed by atoms with Crippen LogP contribution in [0.1, 0.15) is 26.2 Å². The fourth-order valence-electron chi connectivity index (χ4n) is 2.34. The number of nitrogens with one attached hydrogen (secondary N) is 2. The van der Waals surface area contributed by atoms with Crippen molar-refractivity contribution in [2.24, 2.45) is 0 Å². The van der Waals surface area contributed by atoms with Gasteiger partial charge in [-0.15, -0.1) is 11.8 Å². The molecule has 2 aliphatic heterocycles. The fraction of sp³-hybridized carbons (Fsp3) is 0.900. The Bertz CT molecular complexity index is 256. The van der Waals surface area contributed by atoms with E-state index in [0.29, 0.717) is 11.8 Å². The van der Waals surface area contributed by atoms with Crippen molar-refractivity contribution in [2.75, 3.05) is 12.3 Å². The quantitative estimate of drug-likeness (QED) is 0.649. The lowest BCUT2D eigenvalue weighted by Crippen LogP contribution is -2.57. The van der Waals surface area contributed by atoms with Crippen LogP contribution in [0.15, 0.2) is 0 Å². The molecule has 3 unspecified atom stereocenters. The highest BCUT2D eigenvalue weighted by molar-refractivity contribution is 8.01. The van der Waals surface area contributed by atoms with E-state index in [0.717, 1.165) is 13.0 Å². The summed E-state index contributed by atoms with van der Waals surface area (Å²) in [5.41, 5.74) is 0. The van der Waals surface area contributed by atoms with Crippen molar-refractivity contribution < 1.29 is 9.90 Å². The highest BCUT2D eigenvalue weighted by Crippen LogP contribution is 2.35. The SMILES string of the molecule is CC1(C2CCCCN2)NC(C(=O)O)CS1. The van der Waals surface area contributed by atoms with E-state index in [1.807, 2.05) is 0 Å². The topological polar surface area (TPSA) is 61.4 Å². The molecular weight excluding hydrogens is 212 g/mol. The molecule has 3 atom stereocenters. The van der Waals surface area contributed by atoms with Crippen molar-refractivity contribution in [3.63, 3.8) is 0 Å². The van der Waals surface area contributed by atoms with Gasteiger partial charge >= 0.3 is 5.97 Å². The zero-order chi connectivity index (χ0) is 10.9. The summed E-state index contributed by atoms with van der Waals surface area (Å²) in [7, 11) is 0. The van der Waals surface area contributed by atoms with E-state index in [9.17, 15) is 4.79 Å². The summed E-state index contributed by atoms with van der Waals surface area (Å²) in [5.74, 6) is -0.0636. The van der Waals surface area contributed by atoms with Crippen LogP contribution in [0.25, 0.3) is 0 Å². The van der Waals surface area contributed by atoms with E-state index in [-0.39, 0.29) is 10.9 Å². The molecule has 3 N–H and O–H groups in total. The zero-order valence-electron chi connectivity index (χ0n) is 8.95. The van der Waals surface area contributed by atoms with Crippen LogP contribution in [0.5, 0.6) is 0 Å². The molecule has 0 aromatic rings. The average Bonchev–Trinajstić information content (AvgIpc) is 2.64. The van der Waals surface area contributed by atoms with Crippen LogP contribution in [0.3, 0.4) is 0 Å². The molecule has 2 heterocycles. The number of rotatable bonds is 2. The molecule has 0 saturated carbocycles. The maximum Gasteiger partial charge on any atom is 0.321 e. The molecule has 2 aliphatic rings. The predicted octanol–water partition coefficient (Wildman–Crippen LogP) is 0.634. The molecule has 2 fully saturated rings. The molecule has 0 aliphatic carbocycles. The number of aliphatic carboxylic acids is 1. The zero-order valence-corrected chi connectivity index (χ0v) is 9.77. The number of carboxylic acids is 1. The second-order valence-corrected chi connectivity index (χ2v) is 5.93. The Morgan fingerprint density at radius 3 is 2.87 bits per heavy atom. The van der Waals surface area contributed by atoms with Gasteiger partial charge in [-0.05, 0) is 26.3 Å². The minimum absolute atomic E-state index is 0.108. The van der Waals surface area contributed by atoms with Gasteiger partial charge in [-0.1, -0.05) is 6.42 Å². The molecule has 0 bridgehead atoms. The molecule has 4 nitrogen and oxygen atoms in total. The lowest BCUT2D eigenvalue weighted by atomic mass is 9.98. The summed E-state index contributed by atoms with van der Waals surface area (Å²) in [4.78, 5) is 10.8. The van der Waals surface area contributed by atoms with Gasteiger partial charge in [0.25, 0.3) is 0 Å². The van der Waals surface area contributed by atoms with Gasteiger partial charge in [0.05, 0.1) is 4.87 Å². The van der Waals surface area contributed by atoms with Gasteiger partial charge in [0.15, 0.2) is 0 Å². The second kappa shape index (κ2) is 4.31. The van der Waals surface area contributed by atoms with Gasteiger partial charge in [-0.3, -0.25) is 10.1 Å². The average molecular weight is 230 g/mol. The summed E-state index contributed by atoms with van der Waals surface area (Å²) < 4.78 is 0. The smallest absolute Gasteiger partial charge is 0.321 e. The van der Waals surface area contributed by atoms with Gasteiger partial charge in [-0.25, -0.2) is 0 Å². The summed E-state index contributed by atoms with van der Waals surface area (Å²) >= 11 is 1.73. The van der Waals surface area contributed by atoms with Gasteiger partial charge in [-0.2, -0.15) is 0 Å². The van der Waals surface area contributed by atoms with E-state index < -0.39 is 5.97 Å². The Morgan fingerprint density at radius 2 is 2.33 bits per heavy atom. The summed E-state index contributed by atoms with van der Waals surface area (Å²) in [6, 6.07) is 0.0179. The van der Waals surface area contributed by atoms with E-state index in [1.54, 1.807) is 11.8 Å². The lowest BCUT2D eigenvalue weighted by Gasteiger charge is -2.37. The van der Waals surface area contributed by atoms with Crippen molar-refractivity contribution in [2.45, 2.75) is 43.1 Å². The van der Waals surface area contributed by atoms with Crippen LogP contribution in [0.2, 0.25) is 0 Å². The molecule has 5 heteroatoms. The maximum absolute atomic E-state index is 10.9. The van der Waals surface area contributed by atoms with Crippen molar-refractivity contribution >= 4 is 17.7 Å². The molecule has 0 aromatic carbocycles. The van der Waals surface area contributed by atoms with Crippen LogP contribution in [-0.2, 0) is 4.79 Å². The van der Waals surface area contributed by atoms with E-state index >= 15 is 0 Å². The number of piperidine rings is 1. The minimum atomic E-state index is -0.734. The van der Waals surface area contributed by atoms with Crippen molar-refractivity contribution in [3.05, 3.63) is 0 Å². The number of hydrogen-bond donors (Lipinski definition) is 3. The standard InChI is InChI=1S/C10H18N2O2S/c1-10(8-4-2-3-5-11-8)12-7(6-15-10)9(13)14/h7-8,11-12H,2-6H2,1H3,(H,13,14). The lowest BCUT2D eigenvalue weighted by molar-refractivity contribution is -0.138. The Labute approximate surface area is 94.2 Å². The molecule has 0 amide bonds. The predicted molar refractivity (Wildman–Crippen MR) is 61.1 cm³/mol. The Hall–Kier alpha value is -0.260. The van der Waals surface area contributed by atoms with Crippen molar-refractivity contribution in [3.8, 4) is 0 Å². The Morgan fingerprint density at radius 1 is 1.53 bits per heavy atom. The van der Waals surface area contributed by atoms with Crippen LogP contribution in [0, 0.1) is 0 Å². The van der Waals surface area contributed by atoms with Crippen LogP contribution < -0.4 is 10.6 Å². The van der Waals surface area contributed by atoms with Gasteiger partial charge in [0.1, 0.15) is 6.04 Å². The first-order valence-electron chi connectivity index (χ1n) is 5.50. The molecular formula is C10H18N2O2S. The van der Waals surface area contributed by atoms with E-state index in [4.69, 9.17) is 5.11 Å². The normalized spacial score (nSPS) is 41.7. The summed E-state index contributed by atoms with van der Waals surface area (Å²) in [6.45, 7) is 3.17. The highest BCUT2D eigenvalue weighted by atomic mass is 32.2. The molecule has 86 valence electrons.